The molecule has 0 saturated heterocycles. The molecule has 1 aromatic carbocycles. The Morgan fingerprint density at radius 2 is 2.04 bits per heavy atom. The predicted molar refractivity (Wildman–Crippen MR) is 109 cm³/mol. The molecule has 9 heteroatoms. The molecular weight excluding hydrogens is 387 g/mol. The van der Waals surface area contributed by atoms with E-state index in [2.05, 4.69) is 4.98 Å². The second-order valence-electron chi connectivity index (χ2n) is 6.93. The number of hydrogen-bond donors (Lipinski definition) is 2. The highest BCUT2D eigenvalue weighted by molar-refractivity contribution is 6.34. The number of nitrogens with one attached hydrogen (secondary N) is 1. The number of H-pyrrole nitrogens is 1. The van der Waals surface area contributed by atoms with E-state index in [9.17, 15) is 18.8 Å². The fourth-order valence-electron chi connectivity index (χ4n) is 2.82. The molecule has 152 valence electrons. The van der Waals surface area contributed by atoms with Crippen LogP contribution in [0.15, 0.2) is 27.8 Å². The number of aromatic amines is 1. The van der Waals surface area contributed by atoms with Gasteiger partial charge in [0.2, 0.25) is 0 Å². The maximum absolute atomic E-state index is 13.4. The Morgan fingerprint density at radius 3 is 2.61 bits per heavy atom. The molecule has 0 fully saturated rings. The quantitative estimate of drug-likeness (QED) is 0.732. The molecule has 2 aromatic rings. The summed E-state index contributed by atoms with van der Waals surface area (Å²) >= 11 is 6.03. The van der Waals surface area contributed by atoms with Crippen LogP contribution >= 0.6 is 11.6 Å². The Kier molecular flexibility index (Phi) is 7.01. The summed E-state index contributed by atoms with van der Waals surface area (Å²) < 4.78 is 14.6. The molecule has 2 rings (SSSR count). The lowest BCUT2D eigenvalue weighted by Crippen LogP contribution is -2.42. The van der Waals surface area contributed by atoms with Crippen LogP contribution in [-0.2, 0) is 6.54 Å². The normalized spacial score (nSPS) is 11.1. The molecule has 0 spiro atoms. The number of benzene rings is 1. The molecule has 1 amide bonds. The van der Waals surface area contributed by atoms with E-state index >= 15 is 0 Å². The number of hydrogen-bond acceptors (Lipinski definition) is 4. The second-order valence-corrected chi connectivity index (χ2v) is 7.34. The maximum Gasteiger partial charge on any atom is 0.330 e. The summed E-state index contributed by atoms with van der Waals surface area (Å²) in [5, 5.41) is -0.0722. The van der Waals surface area contributed by atoms with Gasteiger partial charge in [-0.1, -0.05) is 38.8 Å². The van der Waals surface area contributed by atoms with Gasteiger partial charge in [-0.3, -0.25) is 19.1 Å². The summed E-state index contributed by atoms with van der Waals surface area (Å²) in [6.07, 6.45) is 1.34. The van der Waals surface area contributed by atoms with Crippen molar-refractivity contribution in [2.75, 3.05) is 17.2 Å². The summed E-state index contributed by atoms with van der Waals surface area (Å²) in [4.78, 5) is 41.3. The molecule has 1 aromatic heterocycles. The third kappa shape index (κ3) is 4.62. The van der Waals surface area contributed by atoms with Crippen LogP contribution in [0.3, 0.4) is 0 Å². The van der Waals surface area contributed by atoms with E-state index in [1.165, 1.54) is 15.5 Å². The number of nitrogens with two attached hydrogens (primary N) is 1. The molecule has 1 heterocycles. The number of rotatable bonds is 7. The molecule has 0 aliphatic heterocycles. The van der Waals surface area contributed by atoms with Gasteiger partial charge < -0.3 is 10.6 Å². The minimum atomic E-state index is -0.759. The Morgan fingerprint density at radius 1 is 1.36 bits per heavy atom. The van der Waals surface area contributed by atoms with E-state index in [1.54, 1.807) is 0 Å². The van der Waals surface area contributed by atoms with Gasteiger partial charge in [0.15, 0.2) is 5.69 Å². The van der Waals surface area contributed by atoms with Crippen molar-refractivity contribution >= 4 is 29.0 Å². The van der Waals surface area contributed by atoms with Crippen molar-refractivity contribution in [1.29, 1.82) is 0 Å². The van der Waals surface area contributed by atoms with Crippen LogP contribution in [0.2, 0.25) is 5.02 Å². The molecule has 0 aliphatic carbocycles. The highest BCUT2D eigenvalue weighted by Gasteiger charge is 2.26. The van der Waals surface area contributed by atoms with E-state index in [1.807, 2.05) is 20.8 Å². The van der Waals surface area contributed by atoms with Gasteiger partial charge >= 0.3 is 5.69 Å². The van der Waals surface area contributed by atoms with Crippen molar-refractivity contribution in [3.05, 3.63) is 55.4 Å². The Bertz CT molecular complexity index is 984. The zero-order chi connectivity index (χ0) is 21.0. The van der Waals surface area contributed by atoms with Crippen molar-refractivity contribution in [3.8, 4) is 0 Å². The molecule has 7 nitrogen and oxygen atoms in total. The number of amides is 1. The van der Waals surface area contributed by atoms with Crippen LogP contribution in [0.1, 0.15) is 44.0 Å². The maximum atomic E-state index is 13.4. The number of aromatic nitrogens is 2. The summed E-state index contributed by atoms with van der Waals surface area (Å²) in [6.45, 7) is 6.20. The number of carbonyl (C=O) groups excluding carboxylic acids is 1. The Labute approximate surface area is 166 Å². The van der Waals surface area contributed by atoms with Crippen molar-refractivity contribution in [2.45, 2.75) is 40.2 Å². The standard InChI is InChI=1S/C19H24ClFN4O3/c1-4-5-8-24(18(27)13-7-6-12(21)9-14(13)20)15-16(22)25(10-11(2)3)19(28)23-17(15)26/h6-7,9,11H,4-5,8,10,22H2,1-3H3,(H,23,26,28). The minimum Gasteiger partial charge on any atom is -0.383 e. The second kappa shape index (κ2) is 9.05. The first-order valence-corrected chi connectivity index (χ1v) is 9.44. The number of nitrogen functional groups attached to an aromatic ring is 1. The Hall–Kier alpha value is -2.61. The minimum absolute atomic E-state index is 0.0413. The van der Waals surface area contributed by atoms with Gasteiger partial charge in [0.05, 0.1) is 10.6 Å². The molecule has 28 heavy (non-hydrogen) atoms. The number of nitrogens with zero attached hydrogens (tertiary/aromatic N) is 2. The molecule has 0 bridgehead atoms. The third-order valence-electron chi connectivity index (χ3n) is 4.17. The monoisotopic (exact) mass is 410 g/mol. The van der Waals surface area contributed by atoms with Crippen LogP contribution in [0.5, 0.6) is 0 Å². The lowest BCUT2D eigenvalue weighted by atomic mass is 10.1. The third-order valence-corrected chi connectivity index (χ3v) is 4.49. The van der Waals surface area contributed by atoms with Crippen LogP contribution in [0.25, 0.3) is 0 Å². The molecule has 3 N–H and O–H groups in total. The number of halogens is 2. The van der Waals surface area contributed by atoms with Crippen molar-refractivity contribution in [2.24, 2.45) is 5.92 Å². The van der Waals surface area contributed by atoms with Gasteiger partial charge in [0.1, 0.15) is 11.6 Å². The van der Waals surface area contributed by atoms with Crippen LogP contribution in [0, 0.1) is 11.7 Å². The van der Waals surface area contributed by atoms with Gasteiger partial charge in [-0.25, -0.2) is 9.18 Å². The van der Waals surface area contributed by atoms with Gasteiger partial charge in [-0.2, -0.15) is 0 Å². The van der Waals surface area contributed by atoms with E-state index in [0.29, 0.717) is 6.42 Å². The van der Waals surface area contributed by atoms with E-state index < -0.39 is 23.0 Å². The average molecular weight is 411 g/mol. The predicted octanol–water partition coefficient (Wildman–Crippen LogP) is 3.01. The van der Waals surface area contributed by atoms with Crippen LogP contribution in [0.4, 0.5) is 15.9 Å². The molecule has 0 unspecified atom stereocenters. The molecule has 0 radical (unpaired) electrons. The topological polar surface area (TPSA) is 101 Å². The first-order valence-electron chi connectivity index (χ1n) is 9.06. The van der Waals surface area contributed by atoms with Gasteiger partial charge in [0.25, 0.3) is 11.5 Å². The Balaban J connectivity index is 2.64. The van der Waals surface area contributed by atoms with E-state index in [4.69, 9.17) is 17.3 Å². The van der Waals surface area contributed by atoms with E-state index in [0.717, 1.165) is 18.6 Å². The van der Waals surface area contributed by atoms with Gasteiger partial charge in [-0.15, -0.1) is 0 Å². The number of unbranched alkanes of at least 4 members (excludes halogenated alkanes) is 1. The van der Waals surface area contributed by atoms with Crippen molar-refractivity contribution in [1.82, 2.24) is 9.55 Å². The lowest BCUT2D eigenvalue weighted by Gasteiger charge is -2.25. The van der Waals surface area contributed by atoms with Crippen molar-refractivity contribution in [3.63, 3.8) is 0 Å². The summed E-state index contributed by atoms with van der Waals surface area (Å²) in [5.41, 5.74) is 4.67. The molecule has 0 aliphatic rings. The highest BCUT2D eigenvalue weighted by atomic mass is 35.5. The summed E-state index contributed by atoms with van der Waals surface area (Å²) in [5.74, 6) is -1.18. The number of carbonyl (C=O) groups is 1. The number of anilines is 2. The highest BCUT2D eigenvalue weighted by Crippen LogP contribution is 2.24. The first kappa shape index (κ1) is 21.7. The molecule has 0 atom stereocenters. The first-order chi connectivity index (χ1) is 13.2. The fourth-order valence-corrected chi connectivity index (χ4v) is 3.07. The SMILES string of the molecule is CCCCN(C(=O)c1ccc(F)cc1Cl)c1c(N)n(CC(C)C)c(=O)[nH]c1=O. The zero-order valence-electron chi connectivity index (χ0n) is 16.1. The smallest absolute Gasteiger partial charge is 0.330 e. The summed E-state index contributed by atoms with van der Waals surface area (Å²) in [7, 11) is 0. The fraction of sp³-hybridized carbons (Fsp3) is 0.421. The molecule has 0 saturated carbocycles. The van der Waals surface area contributed by atoms with Crippen LogP contribution < -0.4 is 21.9 Å². The average Bonchev–Trinajstić information content (AvgIpc) is 2.60. The van der Waals surface area contributed by atoms with Crippen molar-refractivity contribution < 1.29 is 9.18 Å². The van der Waals surface area contributed by atoms with Crippen LogP contribution in [-0.4, -0.2) is 22.0 Å². The van der Waals surface area contributed by atoms with Gasteiger partial charge in [-0.05, 0) is 30.5 Å². The largest absolute Gasteiger partial charge is 0.383 e. The zero-order valence-corrected chi connectivity index (χ0v) is 16.8. The van der Waals surface area contributed by atoms with Gasteiger partial charge in [0, 0.05) is 13.1 Å². The summed E-state index contributed by atoms with van der Waals surface area (Å²) in [6, 6.07) is 3.40. The molecular formula is C19H24ClFN4O3. The van der Waals surface area contributed by atoms with E-state index in [-0.39, 0.29) is 41.1 Å². The lowest BCUT2D eigenvalue weighted by molar-refractivity contribution is 0.0986.